The minimum atomic E-state index is -0.915. The largest absolute Gasteiger partial charge is 0.477 e. The van der Waals surface area contributed by atoms with E-state index in [2.05, 4.69) is 9.97 Å². The van der Waals surface area contributed by atoms with Gasteiger partial charge in [0, 0.05) is 18.0 Å². The Labute approximate surface area is 84.2 Å². The average Bonchev–Trinajstić information content (AvgIpc) is 2.70. The molecule has 0 aliphatic heterocycles. The standard InChI is InChI=1S/C9H8N2O2S/c1-5-7(9(12)13)14-8(11-5)6-2-3-10-4-6/h2-4,10H,1H3,(H,12,13). The summed E-state index contributed by atoms with van der Waals surface area (Å²) >= 11 is 1.19. The molecule has 0 aromatic carbocycles. The second kappa shape index (κ2) is 3.26. The van der Waals surface area contributed by atoms with Crippen molar-refractivity contribution in [3.63, 3.8) is 0 Å². The second-order valence-corrected chi connectivity index (χ2v) is 3.84. The van der Waals surface area contributed by atoms with Gasteiger partial charge < -0.3 is 10.1 Å². The number of aryl methyl sites for hydroxylation is 1. The summed E-state index contributed by atoms with van der Waals surface area (Å²) < 4.78 is 0. The first-order valence-electron chi connectivity index (χ1n) is 4.02. The zero-order valence-corrected chi connectivity index (χ0v) is 8.26. The van der Waals surface area contributed by atoms with Crippen LogP contribution in [0.1, 0.15) is 15.4 Å². The lowest BCUT2D eigenvalue weighted by molar-refractivity contribution is 0.0701. The van der Waals surface area contributed by atoms with E-state index < -0.39 is 5.97 Å². The average molecular weight is 208 g/mol. The maximum Gasteiger partial charge on any atom is 0.347 e. The number of thiazole rings is 1. The van der Waals surface area contributed by atoms with Crippen LogP contribution in [0.4, 0.5) is 0 Å². The van der Waals surface area contributed by atoms with E-state index >= 15 is 0 Å². The summed E-state index contributed by atoms with van der Waals surface area (Å²) in [6, 6.07) is 1.86. The van der Waals surface area contributed by atoms with E-state index in [1.54, 1.807) is 19.3 Å². The number of H-pyrrole nitrogens is 1. The molecule has 0 spiro atoms. The Hall–Kier alpha value is -1.62. The van der Waals surface area contributed by atoms with Crippen LogP contribution in [0.3, 0.4) is 0 Å². The van der Waals surface area contributed by atoms with E-state index in [0.717, 1.165) is 10.6 Å². The van der Waals surface area contributed by atoms with E-state index in [9.17, 15) is 4.79 Å². The molecular weight excluding hydrogens is 200 g/mol. The topological polar surface area (TPSA) is 66.0 Å². The lowest BCUT2D eigenvalue weighted by Crippen LogP contribution is -1.94. The summed E-state index contributed by atoms with van der Waals surface area (Å²) in [5.41, 5.74) is 1.49. The van der Waals surface area contributed by atoms with Gasteiger partial charge in [0.15, 0.2) is 0 Å². The van der Waals surface area contributed by atoms with Crippen LogP contribution in [0.2, 0.25) is 0 Å². The molecular formula is C9H8N2O2S. The normalized spacial score (nSPS) is 10.4. The maximum absolute atomic E-state index is 10.8. The predicted octanol–water partition coefficient (Wildman–Crippen LogP) is 2.14. The van der Waals surface area contributed by atoms with Gasteiger partial charge in [-0.15, -0.1) is 11.3 Å². The van der Waals surface area contributed by atoms with Crippen molar-refractivity contribution >= 4 is 17.3 Å². The molecule has 2 rings (SSSR count). The molecule has 0 bridgehead atoms. The van der Waals surface area contributed by atoms with E-state index in [-0.39, 0.29) is 0 Å². The van der Waals surface area contributed by atoms with Crippen molar-refractivity contribution in [2.24, 2.45) is 0 Å². The van der Waals surface area contributed by atoms with Crippen LogP contribution >= 0.6 is 11.3 Å². The quantitative estimate of drug-likeness (QED) is 0.794. The number of nitrogens with one attached hydrogen (secondary N) is 1. The summed E-state index contributed by atoms with van der Waals surface area (Å²) in [6.07, 6.45) is 3.58. The number of aromatic carboxylic acids is 1. The molecule has 0 radical (unpaired) electrons. The Balaban J connectivity index is 2.48. The molecule has 0 saturated carbocycles. The van der Waals surface area contributed by atoms with Gasteiger partial charge in [-0.2, -0.15) is 0 Å². The molecule has 2 N–H and O–H groups in total. The lowest BCUT2D eigenvalue weighted by atomic mass is 10.3. The van der Waals surface area contributed by atoms with Gasteiger partial charge in [0.05, 0.1) is 5.69 Å². The van der Waals surface area contributed by atoms with E-state index in [0.29, 0.717) is 10.6 Å². The Bertz CT molecular complexity index is 459. The molecule has 2 aromatic rings. The Morgan fingerprint density at radius 1 is 1.64 bits per heavy atom. The minimum absolute atomic E-state index is 0.307. The second-order valence-electron chi connectivity index (χ2n) is 2.84. The molecule has 0 atom stereocenters. The summed E-state index contributed by atoms with van der Waals surface area (Å²) in [4.78, 5) is 18.2. The third kappa shape index (κ3) is 1.42. The molecule has 5 heteroatoms. The highest BCUT2D eigenvalue weighted by Gasteiger charge is 2.14. The molecule has 2 aromatic heterocycles. The van der Waals surface area contributed by atoms with Gasteiger partial charge in [0.2, 0.25) is 0 Å². The molecule has 0 aliphatic rings. The molecule has 0 saturated heterocycles. The van der Waals surface area contributed by atoms with Gasteiger partial charge in [0.25, 0.3) is 0 Å². The van der Waals surface area contributed by atoms with Crippen LogP contribution in [0.25, 0.3) is 10.6 Å². The fraction of sp³-hybridized carbons (Fsp3) is 0.111. The van der Waals surface area contributed by atoms with Crippen molar-refractivity contribution in [3.05, 3.63) is 29.0 Å². The Morgan fingerprint density at radius 3 is 2.93 bits per heavy atom. The highest BCUT2D eigenvalue weighted by Crippen LogP contribution is 2.27. The highest BCUT2D eigenvalue weighted by atomic mass is 32.1. The maximum atomic E-state index is 10.8. The van der Waals surface area contributed by atoms with Gasteiger partial charge in [-0.25, -0.2) is 9.78 Å². The number of hydrogen-bond acceptors (Lipinski definition) is 3. The third-order valence-electron chi connectivity index (χ3n) is 1.84. The number of aromatic nitrogens is 2. The molecule has 72 valence electrons. The zero-order chi connectivity index (χ0) is 10.1. The number of carboxylic acid groups (broad SMARTS) is 1. The van der Waals surface area contributed by atoms with Crippen LogP contribution in [0.5, 0.6) is 0 Å². The van der Waals surface area contributed by atoms with Crippen LogP contribution in [0, 0.1) is 6.92 Å². The first-order chi connectivity index (χ1) is 6.68. The number of hydrogen-bond donors (Lipinski definition) is 2. The third-order valence-corrected chi connectivity index (χ3v) is 3.03. The van der Waals surface area contributed by atoms with Crippen LogP contribution < -0.4 is 0 Å². The van der Waals surface area contributed by atoms with Crippen LogP contribution in [-0.4, -0.2) is 21.0 Å². The van der Waals surface area contributed by atoms with Gasteiger partial charge in [-0.1, -0.05) is 0 Å². The number of rotatable bonds is 2. The number of carboxylic acids is 1. The molecule has 2 heterocycles. The van der Waals surface area contributed by atoms with Crippen LogP contribution in [0.15, 0.2) is 18.5 Å². The van der Waals surface area contributed by atoms with Gasteiger partial charge in [-0.3, -0.25) is 0 Å². The van der Waals surface area contributed by atoms with Gasteiger partial charge in [-0.05, 0) is 13.0 Å². The SMILES string of the molecule is Cc1nc(-c2cc[nH]c2)sc1C(=O)O. The zero-order valence-electron chi connectivity index (χ0n) is 7.44. The molecule has 0 aliphatic carbocycles. The molecule has 0 fully saturated rings. The molecule has 0 amide bonds. The minimum Gasteiger partial charge on any atom is -0.477 e. The fourth-order valence-corrected chi connectivity index (χ4v) is 2.08. The number of carbonyl (C=O) groups is 1. The van der Waals surface area contributed by atoms with E-state index in [4.69, 9.17) is 5.11 Å². The molecule has 0 unspecified atom stereocenters. The van der Waals surface area contributed by atoms with Crippen LogP contribution in [-0.2, 0) is 0 Å². The van der Waals surface area contributed by atoms with Crippen molar-refractivity contribution in [1.82, 2.24) is 9.97 Å². The summed E-state index contributed by atoms with van der Waals surface area (Å²) in [7, 11) is 0. The molecule has 14 heavy (non-hydrogen) atoms. The van der Waals surface area contributed by atoms with Gasteiger partial charge in [0.1, 0.15) is 9.88 Å². The highest BCUT2D eigenvalue weighted by molar-refractivity contribution is 7.17. The predicted molar refractivity (Wildman–Crippen MR) is 53.6 cm³/mol. The smallest absolute Gasteiger partial charge is 0.347 e. The summed E-state index contributed by atoms with van der Waals surface area (Å²) in [5.74, 6) is -0.915. The summed E-state index contributed by atoms with van der Waals surface area (Å²) in [6.45, 7) is 1.70. The molecule has 4 nitrogen and oxygen atoms in total. The first-order valence-corrected chi connectivity index (χ1v) is 4.84. The fourth-order valence-electron chi connectivity index (χ4n) is 1.18. The van der Waals surface area contributed by atoms with Crippen molar-refractivity contribution in [1.29, 1.82) is 0 Å². The lowest BCUT2D eigenvalue weighted by Gasteiger charge is -1.85. The first kappa shape index (κ1) is 8.96. The summed E-state index contributed by atoms with van der Waals surface area (Å²) in [5, 5.41) is 9.58. The van der Waals surface area contributed by atoms with Crippen molar-refractivity contribution in [3.8, 4) is 10.6 Å². The monoisotopic (exact) mass is 208 g/mol. The van der Waals surface area contributed by atoms with Crippen molar-refractivity contribution < 1.29 is 9.90 Å². The van der Waals surface area contributed by atoms with Crippen molar-refractivity contribution in [2.45, 2.75) is 6.92 Å². The van der Waals surface area contributed by atoms with E-state index in [1.165, 1.54) is 11.3 Å². The number of nitrogens with zero attached hydrogens (tertiary/aromatic N) is 1. The Morgan fingerprint density at radius 2 is 2.43 bits per heavy atom. The Kier molecular flexibility index (Phi) is 2.09. The van der Waals surface area contributed by atoms with Gasteiger partial charge >= 0.3 is 5.97 Å². The number of aromatic amines is 1. The van der Waals surface area contributed by atoms with E-state index in [1.807, 2.05) is 6.07 Å². The van der Waals surface area contributed by atoms with Crippen molar-refractivity contribution in [2.75, 3.05) is 0 Å².